The van der Waals surface area contributed by atoms with Gasteiger partial charge in [0.15, 0.2) is 0 Å². The minimum Gasteiger partial charge on any atom is -0.507 e. The van der Waals surface area contributed by atoms with Gasteiger partial charge in [-0.3, -0.25) is 4.79 Å². The summed E-state index contributed by atoms with van der Waals surface area (Å²) in [7, 11) is 0. The number of aromatic hydroxyl groups is 1. The number of aliphatic hydroxyl groups excluding tert-OH is 1. The maximum absolute atomic E-state index is 11.2. The van der Waals surface area contributed by atoms with Gasteiger partial charge in [-0.25, -0.2) is 0 Å². The number of aryl methyl sites for hydroxylation is 3. The number of rotatable bonds is 5. The Labute approximate surface area is 101 Å². The summed E-state index contributed by atoms with van der Waals surface area (Å²) in [5.41, 5.74) is 2.62. The number of aliphatic hydroxyl groups is 1. The van der Waals surface area contributed by atoms with Gasteiger partial charge in [0.25, 0.3) is 0 Å². The summed E-state index contributed by atoms with van der Waals surface area (Å²) in [6, 6.07) is 3.73. The third-order valence-electron chi connectivity index (χ3n) is 2.52. The predicted octanol–water partition coefficient (Wildman–Crippen LogP) is 1.48. The van der Waals surface area contributed by atoms with Gasteiger partial charge in [-0.2, -0.15) is 0 Å². The van der Waals surface area contributed by atoms with Crippen LogP contribution in [0.25, 0.3) is 0 Å². The van der Waals surface area contributed by atoms with E-state index in [2.05, 4.69) is 0 Å². The molecule has 0 heterocycles. The molecule has 4 heteroatoms. The minimum absolute atomic E-state index is 0.0481. The van der Waals surface area contributed by atoms with Gasteiger partial charge < -0.3 is 14.9 Å². The zero-order valence-electron chi connectivity index (χ0n) is 10.2. The van der Waals surface area contributed by atoms with E-state index in [0.717, 1.165) is 16.7 Å². The number of carbonyl (C=O) groups excluding carboxylic acids is 1. The molecule has 94 valence electrons. The zero-order chi connectivity index (χ0) is 12.8. The average molecular weight is 238 g/mol. The zero-order valence-corrected chi connectivity index (χ0v) is 10.2. The third kappa shape index (κ3) is 4.07. The van der Waals surface area contributed by atoms with Crippen LogP contribution in [0.4, 0.5) is 0 Å². The highest BCUT2D eigenvalue weighted by molar-refractivity contribution is 5.69. The highest BCUT2D eigenvalue weighted by Gasteiger charge is 2.06. The van der Waals surface area contributed by atoms with E-state index < -0.39 is 0 Å². The highest BCUT2D eigenvalue weighted by atomic mass is 16.5. The molecular weight excluding hydrogens is 220 g/mol. The van der Waals surface area contributed by atoms with Crippen LogP contribution in [0.2, 0.25) is 0 Å². The fourth-order valence-electron chi connectivity index (χ4n) is 1.67. The molecule has 0 saturated carbocycles. The predicted molar refractivity (Wildman–Crippen MR) is 63.9 cm³/mol. The Balaban J connectivity index is 2.55. The number of ether oxygens (including phenoxy) is 1. The second-order valence-corrected chi connectivity index (χ2v) is 4.02. The summed E-state index contributed by atoms with van der Waals surface area (Å²) in [4.78, 5) is 11.2. The van der Waals surface area contributed by atoms with Crippen molar-refractivity contribution in [1.29, 1.82) is 0 Å². The molecular formula is C13H18O4. The first-order valence-corrected chi connectivity index (χ1v) is 5.60. The first-order chi connectivity index (χ1) is 8.04. The van der Waals surface area contributed by atoms with Gasteiger partial charge in [-0.1, -0.05) is 12.1 Å². The van der Waals surface area contributed by atoms with Crippen LogP contribution in [0.15, 0.2) is 12.1 Å². The van der Waals surface area contributed by atoms with Crippen molar-refractivity contribution in [3.63, 3.8) is 0 Å². The van der Waals surface area contributed by atoms with Crippen molar-refractivity contribution in [3.05, 3.63) is 28.8 Å². The van der Waals surface area contributed by atoms with E-state index in [9.17, 15) is 9.90 Å². The maximum Gasteiger partial charge on any atom is 0.306 e. The summed E-state index contributed by atoms with van der Waals surface area (Å²) < 4.78 is 4.76. The monoisotopic (exact) mass is 238 g/mol. The number of esters is 1. The molecule has 0 amide bonds. The molecule has 1 aromatic rings. The lowest BCUT2D eigenvalue weighted by Gasteiger charge is -2.07. The molecule has 0 spiro atoms. The topological polar surface area (TPSA) is 66.8 Å². The number of hydrogen-bond acceptors (Lipinski definition) is 4. The van der Waals surface area contributed by atoms with Crippen LogP contribution >= 0.6 is 0 Å². The first-order valence-electron chi connectivity index (χ1n) is 5.60. The third-order valence-corrected chi connectivity index (χ3v) is 2.52. The lowest BCUT2D eigenvalue weighted by Crippen LogP contribution is -2.09. The summed E-state index contributed by atoms with van der Waals surface area (Å²) >= 11 is 0. The van der Waals surface area contributed by atoms with E-state index in [4.69, 9.17) is 9.84 Å². The van der Waals surface area contributed by atoms with Crippen LogP contribution in [0, 0.1) is 13.8 Å². The smallest absolute Gasteiger partial charge is 0.306 e. The molecule has 0 aliphatic carbocycles. The summed E-state index contributed by atoms with van der Waals surface area (Å²) in [5.74, 6) is -0.0148. The molecule has 1 rings (SSSR count). The Bertz CT molecular complexity index is 375. The van der Waals surface area contributed by atoms with E-state index in [1.165, 1.54) is 0 Å². The summed E-state index contributed by atoms with van der Waals surface area (Å²) in [6.45, 7) is 3.56. The second-order valence-electron chi connectivity index (χ2n) is 4.02. The van der Waals surface area contributed by atoms with Crippen molar-refractivity contribution in [1.82, 2.24) is 0 Å². The molecule has 0 radical (unpaired) electrons. The van der Waals surface area contributed by atoms with E-state index in [-0.39, 0.29) is 25.6 Å². The SMILES string of the molecule is Cc1cc(CCC(=O)OCCO)cc(C)c1O. The van der Waals surface area contributed by atoms with Crippen molar-refractivity contribution in [2.75, 3.05) is 13.2 Å². The Morgan fingerprint density at radius 2 is 1.88 bits per heavy atom. The second kappa shape index (κ2) is 6.25. The molecule has 0 aromatic heterocycles. The number of benzene rings is 1. The van der Waals surface area contributed by atoms with Gasteiger partial charge in [0.2, 0.25) is 0 Å². The maximum atomic E-state index is 11.2. The van der Waals surface area contributed by atoms with Gasteiger partial charge in [-0.05, 0) is 37.0 Å². The Hall–Kier alpha value is -1.55. The lowest BCUT2D eigenvalue weighted by atomic mass is 10.0. The molecule has 0 saturated heterocycles. The van der Waals surface area contributed by atoms with Crippen molar-refractivity contribution in [2.24, 2.45) is 0 Å². The molecule has 4 nitrogen and oxygen atoms in total. The number of carbonyl (C=O) groups is 1. The summed E-state index contributed by atoms with van der Waals surface area (Å²) in [5, 5.41) is 18.1. The number of phenolic OH excluding ortho intramolecular Hbond substituents is 1. The van der Waals surface area contributed by atoms with Gasteiger partial charge in [0.05, 0.1) is 6.61 Å². The minimum atomic E-state index is -0.317. The molecule has 17 heavy (non-hydrogen) atoms. The quantitative estimate of drug-likeness (QED) is 0.762. The van der Waals surface area contributed by atoms with Crippen LogP contribution in [-0.2, 0) is 16.0 Å². The Morgan fingerprint density at radius 3 is 2.41 bits per heavy atom. The first kappa shape index (κ1) is 13.5. The van der Waals surface area contributed by atoms with Crippen molar-refractivity contribution < 1.29 is 19.7 Å². The van der Waals surface area contributed by atoms with Crippen LogP contribution in [0.1, 0.15) is 23.1 Å². The number of hydrogen-bond donors (Lipinski definition) is 2. The number of phenols is 1. The average Bonchev–Trinajstić information content (AvgIpc) is 2.30. The molecule has 0 unspecified atom stereocenters. The lowest BCUT2D eigenvalue weighted by molar-refractivity contribution is -0.144. The Morgan fingerprint density at radius 1 is 1.29 bits per heavy atom. The molecule has 1 aromatic carbocycles. The summed E-state index contributed by atoms with van der Waals surface area (Å²) in [6.07, 6.45) is 0.857. The molecule has 0 bridgehead atoms. The van der Waals surface area contributed by atoms with E-state index in [0.29, 0.717) is 12.2 Å². The van der Waals surface area contributed by atoms with Crippen LogP contribution in [0.3, 0.4) is 0 Å². The van der Waals surface area contributed by atoms with Crippen molar-refractivity contribution in [3.8, 4) is 5.75 Å². The van der Waals surface area contributed by atoms with Crippen LogP contribution in [0.5, 0.6) is 5.75 Å². The molecule has 0 aliphatic heterocycles. The Kier molecular flexibility index (Phi) is 4.97. The van der Waals surface area contributed by atoms with E-state index in [1.54, 1.807) is 0 Å². The molecule has 2 N–H and O–H groups in total. The van der Waals surface area contributed by atoms with E-state index in [1.807, 2.05) is 26.0 Å². The molecule has 0 atom stereocenters. The van der Waals surface area contributed by atoms with Gasteiger partial charge >= 0.3 is 5.97 Å². The van der Waals surface area contributed by atoms with Gasteiger partial charge in [-0.15, -0.1) is 0 Å². The van der Waals surface area contributed by atoms with Crippen molar-refractivity contribution >= 4 is 5.97 Å². The van der Waals surface area contributed by atoms with E-state index >= 15 is 0 Å². The van der Waals surface area contributed by atoms with Gasteiger partial charge in [0.1, 0.15) is 12.4 Å². The molecule has 0 fully saturated rings. The highest BCUT2D eigenvalue weighted by Crippen LogP contribution is 2.23. The van der Waals surface area contributed by atoms with Gasteiger partial charge in [0, 0.05) is 6.42 Å². The standard InChI is InChI=1S/C13H18O4/c1-9-7-11(8-10(2)13(9)16)3-4-12(15)17-6-5-14/h7-8,14,16H,3-6H2,1-2H3. The fourth-order valence-corrected chi connectivity index (χ4v) is 1.67. The van der Waals surface area contributed by atoms with Crippen molar-refractivity contribution in [2.45, 2.75) is 26.7 Å². The van der Waals surface area contributed by atoms with Crippen LogP contribution in [-0.4, -0.2) is 29.4 Å². The largest absolute Gasteiger partial charge is 0.507 e. The van der Waals surface area contributed by atoms with Crippen LogP contribution < -0.4 is 0 Å². The molecule has 0 aliphatic rings. The normalized spacial score (nSPS) is 10.3. The fraction of sp³-hybridized carbons (Fsp3) is 0.462.